The third-order valence-electron chi connectivity index (χ3n) is 1.16. The first-order valence-corrected chi connectivity index (χ1v) is 5.54. The summed E-state index contributed by atoms with van der Waals surface area (Å²) in [5, 5.41) is 3.01. The predicted molar refractivity (Wildman–Crippen MR) is 45.5 cm³/mol. The molecular weight excluding hydrogens is 218 g/mol. The van der Waals surface area contributed by atoms with E-state index in [-0.39, 0.29) is 12.4 Å². The van der Waals surface area contributed by atoms with E-state index in [1.165, 1.54) is 0 Å². The molecule has 0 aliphatic carbocycles. The van der Waals surface area contributed by atoms with E-state index < -0.39 is 15.2 Å². The van der Waals surface area contributed by atoms with E-state index in [0.717, 1.165) is 0 Å². The summed E-state index contributed by atoms with van der Waals surface area (Å²) in [6.07, 6.45) is 0. The zero-order valence-corrected chi connectivity index (χ0v) is 8.39. The van der Waals surface area contributed by atoms with Crippen molar-refractivity contribution in [3.05, 3.63) is 11.7 Å². The third kappa shape index (κ3) is 3.29. The lowest BCUT2D eigenvalue weighted by molar-refractivity contribution is 0.387. The molecule has 1 aromatic rings. The van der Waals surface area contributed by atoms with Gasteiger partial charge in [0.05, 0.1) is 6.54 Å². The van der Waals surface area contributed by atoms with Gasteiger partial charge < -0.3 is 4.52 Å². The van der Waals surface area contributed by atoms with Crippen LogP contribution < -0.4 is 4.72 Å². The first-order valence-electron chi connectivity index (χ1n) is 3.36. The molecule has 0 amide bonds. The number of halogens is 1. The SMILES string of the molecule is Cc1nc(CNS(=O)(=O)CCl)no1. The van der Waals surface area contributed by atoms with Gasteiger partial charge in [-0.3, -0.25) is 0 Å². The second-order valence-electron chi connectivity index (χ2n) is 2.27. The molecule has 1 N–H and O–H groups in total. The summed E-state index contributed by atoms with van der Waals surface area (Å²) < 4.78 is 28.5. The molecular formula is C5H8ClN3O3S. The van der Waals surface area contributed by atoms with E-state index >= 15 is 0 Å². The standard InChI is InChI=1S/C5H8ClN3O3S/c1-4-8-5(9-12-4)2-7-13(10,11)3-6/h7H,2-3H2,1H3. The number of hydrogen-bond donors (Lipinski definition) is 1. The molecule has 1 heterocycles. The minimum Gasteiger partial charge on any atom is -0.340 e. The molecule has 0 fully saturated rings. The van der Waals surface area contributed by atoms with Crippen molar-refractivity contribution in [2.45, 2.75) is 13.5 Å². The molecule has 0 unspecified atom stereocenters. The highest BCUT2D eigenvalue weighted by Gasteiger charge is 2.09. The molecule has 1 rings (SSSR count). The fraction of sp³-hybridized carbons (Fsp3) is 0.600. The van der Waals surface area contributed by atoms with Crippen molar-refractivity contribution in [1.82, 2.24) is 14.9 Å². The molecule has 0 bridgehead atoms. The van der Waals surface area contributed by atoms with Gasteiger partial charge in [-0.15, -0.1) is 11.6 Å². The van der Waals surface area contributed by atoms with Crippen molar-refractivity contribution < 1.29 is 12.9 Å². The molecule has 0 atom stereocenters. The van der Waals surface area contributed by atoms with E-state index in [9.17, 15) is 8.42 Å². The molecule has 74 valence electrons. The van der Waals surface area contributed by atoms with Gasteiger partial charge in [-0.1, -0.05) is 5.16 Å². The lowest BCUT2D eigenvalue weighted by atomic mass is 10.6. The zero-order valence-electron chi connectivity index (χ0n) is 6.82. The van der Waals surface area contributed by atoms with Crippen LogP contribution in [0.2, 0.25) is 0 Å². The summed E-state index contributed by atoms with van der Waals surface area (Å²) >= 11 is 5.15. The van der Waals surface area contributed by atoms with Crippen LogP contribution in [0.1, 0.15) is 11.7 Å². The van der Waals surface area contributed by atoms with E-state index in [1.807, 2.05) is 0 Å². The fourth-order valence-corrected chi connectivity index (χ4v) is 1.28. The minimum absolute atomic E-state index is 0.00755. The minimum atomic E-state index is -3.41. The molecule has 0 radical (unpaired) electrons. The monoisotopic (exact) mass is 225 g/mol. The molecule has 0 saturated carbocycles. The quantitative estimate of drug-likeness (QED) is 0.729. The van der Waals surface area contributed by atoms with Gasteiger partial charge in [0.1, 0.15) is 5.21 Å². The van der Waals surface area contributed by atoms with Crippen molar-refractivity contribution in [2.24, 2.45) is 0 Å². The van der Waals surface area contributed by atoms with Gasteiger partial charge in [-0.05, 0) is 0 Å². The summed E-state index contributed by atoms with van der Waals surface area (Å²) in [5.74, 6) is 0.672. The number of hydrogen-bond acceptors (Lipinski definition) is 5. The maximum atomic E-state index is 10.9. The number of aryl methyl sites for hydroxylation is 1. The Kier molecular flexibility index (Phi) is 3.23. The van der Waals surface area contributed by atoms with Gasteiger partial charge in [0.2, 0.25) is 15.9 Å². The maximum Gasteiger partial charge on any atom is 0.226 e. The molecule has 0 aliphatic rings. The summed E-state index contributed by atoms with van der Waals surface area (Å²) in [4.78, 5) is 3.80. The second-order valence-corrected chi connectivity index (χ2v) is 4.67. The number of aromatic nitrogens is 2. The van der Waals surface area contributed by atoms with E-state index in [2.05, 4.69) is 19.4 Å². The Balaban J connectivity index is 2.53. The van der Waals surface area contributed by atoms with Crippen molar-refractivity contribution >= 4 is 21.6 Å². The smallest absolute Gasteiger partial charge is 0.226 e. The first-order chi connectivity index (χ1) is 6.03. The number of rotatable bonds is 4. The van der Waals surface area contributed by atoms with Gasteiger partial charge in [-0.2, -0.15) is 4.98 Å². The van der Waals surface area contributed by atoms with Gasteiger partial charge in [-0.25, -0.2) is 13.1 Å². The molecule has 0 spiro atoms. The maximum absolute atomic E-state index is 10.9. The lowest BCUT2D eigenvalue weighted by Gasteiger charge is -1.98. The molecule has 0 aliphatic heterocycles. The first kappa shape index (κ1) is 10.4. The molecule has 6 nitrogen and oxygen atoms in total. The number of nitrogens with one attached hydrogen (secondary N) is 1. The fourth-order valence-electron chi connectivity index (χ4n) is 0.626. The summed E-state index contributed by atoms with van der Waals surface area (Å²) in [6, 6.07) is 0. The number of alkyl halides is 1. The van der Waals surface area contributed by atoms with Crippen LogP contribution in [-0.4, -0.2) is 23.8 Å². The van der Waals surface area contributed by atoms with E-state index in [0.29, 0.717) is 5.89 Å². The van der Waals surface area contributed by atoms with Gasteiger partial charge >= 0.3 is 0 Å². The average molecular weight is 226 g/mol. The third-order valence-corrected chi connectivity index (χ3v) is 2.90. The van der Waals surface area contributed by atoms with Crippen LogP contribution in [0.3, 0.4) is 0 Å². The van der Waals surface area contributed by atoms with Gasteiger partial charge in [0.25, 0.3) is 0 Å². The number of nitrogens with zero attached hydrogens (tertiary/aromatic N) is 2. The van der Waals surface area contributed by atoms with Crippen LogP contribution >= 0.6 is 11.6 Å². The Hall–Kier alpha value is -0.660. The molecule has 13 heavy (non-hydrogen) atoms. The number of sulfonamides is 1. The van der Waals surface area contributed by atoms with Crippen LogP contribution in [0.5, 0.6) is 0 Å². The Morgan fingerprint density at radius 1 is 1.62 bits per heavy atom. The van der Waals surface area contributed by atoms with Crippen molar-refractivity contribution in [2.75, 3.05) is 5.21 Å². The van der Waals surface area contributed by atoms with E-state index in [4.69, 9.17) is 11.6 Å². The Morgan fingerprint density at radius 3 is 2.77 bits per heavy atom. The Labute approximate surface area is 80.3 Å². The van der Waals surface area contributed by atoms with Crippen molar-refractivity contribution in [1.29, 1.82) is 0 Å². The molecule has 0 saturated heterocycles. The highest BCUT2D eigenvalue weighted by atomic mass is 35.5. The Bertz CT molecular complexity index is 374. The topological polar surface area (TPSA) is 85.1 Å². The van der Waals surface area contributed by atoms with Crippen LogP contribution in [0.4, 0.5) is 0 Å². The van der Waals surface area contributed by atoms with Crippen LogP contribution in [0.15, 0.2) is 4.52 Å². The van der Waals surface area contributed by atoms with Gasteiger partial charge in [0, 0.05) is 6.92 Å². The van der Waals surface area contributed by atoms with Crippen LogP contribution in [-0.2, 0) is 16.6 Å². The highest BCUT2D eigenvalue weighted by molar-refractivity contribution is 7.90. The Morgan fingerprint density at radius 2 is 2.31 bits per heavy atom. The summed E-state index contributed by atoms with van der Waals surface area (Å²) in [7, 11) is -3.41. The largest absolute Gasteiger partial charge is 0.340 e. The zero-order chi connectivity index (χ0) is 9.90. The van der Waals surface area contributed by atoms with Crippen molar-refractivity contribution in [3.63, 3.8) is 0 Å². The van der Waals surface area contributed by atoms with Crippen LogP contribution in [0.25, 0.3) is 0 Å². The summed E-state index contributed by atoms with van der Waals surface area (Å²) in [5.41, 5.74) is 0. The van der Waals surface area contributed by atoms with Gasteiger partial charge in [0.15, 0.2) is 5.82 Å². The highest BCUT2D eigenvalue weighted by Crippen LogP contribution is 1.96. The average Bonchev–Trinajstić information content (AvgIpc) is 2.48. The lowest BCUT2D eigenvalue weighted by Crippen LogP contribution is -2.24. The molecule has 0 aromatic carbocycles. The predicted octanol–water partition coefficient (Wildman–Crippen LogP) is -0.00628. The molecule has 1 aromatic heterocycles. The van der Waals surface area contributed by atoms with Crippen molar-refractivity contribution in [3.8, 4) is 0 Å². The van der Waals surface area contributed by atoms with E-state index in [1.54, 1.807) is 6.92 Å². The second kappa shape index (κ2) is 4.03. The normalized spacial score (nSPS) is 11.8. The summed E-state index contributed by atoms with van der Waals surface area (Å²) in [6.45, 7) is 1.61. The molecule has 8 heteroatoms. The van der Waals surface area contributed by atoms with Crippen LogP contribution in [0, 0.1) is 6.92 Å².